The van der Waals surface area contributed by atoms with Crippen molar-refractivity contribution in [3.63, 3.8) is 0 Å². The van der Waals surface area contributed by atoms with Gasteiger partial charge in [-0.1, -0.05) is 41.4 Å². The lowest BCUT2D eigenvalue weighted by molar-refractivity contribution is 0.0950. The fourth-order valence-electron chi connectivity index (χ4n) is 2.85. The van der Waals surface area contributed by atoms with E-state index >= 15 is 0 Å². The van der Waals surface area contributed by atoms with Crippen molar-refractivity contribution >= 4 is 28.4 Å². The zero-order valence-electron chi connectivity index (χ0n) is 14.9. The predicted octanol–water partition coefficient (Wildman–Crippen LogP) is 4.63. The van der Waals surface area contributed by atoms with Gasteiger partial charge in [0.05, 0.1) is 16.8 Å². The average molecular weight is 369 g/mol. The van der Waals surface area contributed by atoms with Gasteiger partial charge in [-0.25, -0.2) is 4.98 Å². The minimum Gasteiger partial charge on any atom is -0.385 e. The Morgan fingerprint density at radius 1 is 1.19 bits per heavy atom. The monoisotopic (exact) mass is 368 g/mol. The van der Waals surface area contributed by atoms with E-state index in [0.717, 1.165) is 28.5 Å². The quantitative estimate of drug-likeness (QED) is 0.645. The lowest BCUT2D eigenvalue weighted by Crippen LogP contribution is -2.25. The van der Waals surface area contributed by atoms with Gasteiger partial charge in [0.15, 0.2) is 0 Å². The van der Waals surface area contributed by atoms with Gasteiger partial charge in [-0.2, -0.15) is 0 Å². The second kappa shape index (κ2) is 8.30. The van der Waals surface area contributed by atoms with Crippen LogP contribution >= 0.6 is 11.6 Å². The topological polar surface area (TPSA) is 51.2 Å². The van der Waals surface area contributed by atoms with E-state index in [4.69, 9.17) is 21.3 Å². The van der Waals surface area contributed by atoms with Crippen LogP contribution in [0.3, 0.4) is 0 Å². The molecule has 0 spiro atoms. The first-order valence-electron chi connectivity index (χ1n) is 8.53. The molecule has 0 saturated heterocycles. The third-order valence-corrected chi connectivity index (χ3v) is 4.50. The van der Waals surface area contributed by atoms with Crippen LogP contribution in [-0.2, 0) is 4.74 Å². The number of carbonyl (C=O) groups is 1. The highest BCUT2D eigenvalue weighted by atomic mass is 35.5. The molecule has 1 heterocycles. The molecule has 3 aromatic rings. The van der Waals surface area contributed by atoms with Gasteiger partial charge in [0.25, 0.3) is 5.91 Å². The largest absolute Gasteiger partial charge is 0.385 e. The van der Waals surface area contributed by atoms with Crippen molar-refractivity contribution in [2.75, 3.05) is 20.3 Å². The van der Waals surface area contributed by atoms with Crippen LogP contribution in [0.4, 0.5) is 0 Å². The normalized spacial score (nSPS) is 10.9. The highest BCUT2D eigenvalue weighted by molar-refractivity contribution is 6.33. The number of nitrogens with zero attached hydrogens (tertiary/aromatic N) is 1. The number of fused-ring (bicyclic) bond motifs is 1. The summed E-state index contributed by atoms with van der Waals surface area (Å²) in [6.07, 6.45) is 0.766. The van der Waals surface area contributed by atoms with Gasteiger partial charge >= 0.3 is 0 Å². The van der Waals surface area contributed by atoms with Gasteiger partial charge in [-0.15, -0.1) is 0 Å². The van der Waals surface area contributed by atoms with Gasteiger partial charge < -0.3 is 10.1 Å². The van der Waals surface area contributed by atoms with Crippen LogP contribution in [-0.4, -0.2) is 31.2 Å². The maximum Gasteiger partial charge on any atom is 0.252 e. The fraction of sp³-hybridized carbons (Fsp3) is 0.238. The molecule has 0 radical (unpaired) electrons. The molecule has 1 amide bonds. The molecule has 0 fully saturated rings. The summed E-state index contributed by atoms with van der Waals surface area (Å²) >= 11 is 6.33. The molecule has 2 aromatic carbocycles. The van der Waals surface area contributed by atoms with Gasteiger partial charge in [0.2, 0.25) is 0 Å². The van der Waals surface area contributed by atoms with E-state index in [2.05, 4.69) is 5.32 Å². The van der Waals surface area contributed by atoms with Crippen LogP contribution < -0.4 is 5.32 Å². The summed E-state index contributed by atoms with van der Waals surface area (Å²) in [7, 11) is 1.65. The van der Waals surface area contributed by atoms with E-state index in [9.17, 15) is 4.79 Å². The number of benzene rings is 2. The molecule has 134 valence electrons. The average Bonchev–Trinajstić information content (AvgIpc) is 2.64. The van der Waals surface area contributed by atoms with Crippen LogP contribution in [0.15, 0.2) is 48.5 Å². The van der Waals surface area contributed by atoms with Crippen molar-refractivity contribution in [1.82, 2.24) is 10.3 Å². The van der Waals surface area contributed by atoms with E-state index in [1.54, 1.807) is 7.11 Å². The van der Waals surface area contributed by atoms with E-state index in [1.807, 2.05) is 55.5 Å². The van der Waals surface area contributed by atoms with E-state index < -0.39 is 0 Å². The number of rotatable bonds is 6. The molecule has 1 aromatic heterocycles. The number of methoxy groups -OCH3 is 1. The lowest BCUT2D eigenvalue weighted by Gasteiger charge is -2.12. The zero-order chi connectivity index (χ0) is 18.5. The standard InChI is InChI=1S/C21H21ClN2O2/c1-14-8-9-19-16(12-14)17(21(25)23-10-5-11-26-2)13-20(24-19)15-6-3-4-7-18(15)22/h3-4,6-9,12-13H,5,10-11H2,1-2H3,(H,23,25). The number of pyridine rings is 1. The Balaban J connectivity index is 2.05. The Morgan fingerprint density at radius 2 is 2.00 bits per heavy atom. The minimum atomic E-state index is -0.118. The molecule has 4 nitrogen and oxygen atoms in total. The molecule has 0 aliphatic rings. The van der Waals surface area contributed by atoms with Crippen LogP contribution in [0.25, 0.3) is 22.2 Å². The zero-order valence-corrected chi connectivity index (χ0v) is 15.6. The first kappa shape index (κ1) is 18.4. The third-order valence-electron chi connectivity index (χ3n) is 4.17. The molecule has 26 heavy (non-hydrogen) atoms. The van der Waals surface area contributed by atoms with Gasteiger partial charge in [0.1, 0.15) is 0 Å². The molecule has 1 N–H and O–H groups in total. The van der Waals surface area contributed by atoms with Crippen molar-refractivity contribution in [2.24, 2.45) is 0 Å². The summed E-state index contributed by atoms with van der Waals surface area (Å²) < 4.78 is 5.03. The van der Waals surface area contributed by atoms with Crippen LogP contribution in [0, 0.1) is 6.92 Å². The molecule has 0 saturated carbocycles. The van der Waals surface area contributed by atoms with E-state index in [1.165, 1.54) is 0 Å². The Hall–Kier alpha value is -2.43. The smallest absolute Gasteiger partial charge is 0.252 e. The number of amides is 1. The molecule has 0 atom stereocenters. The molecule has 0 aliphatic heterocycles. The SMILES string of the molecule is COCCCNC(=O)c1cc(-c2ccccc2Cl)nc2ccc(C)cc12. The lowest BCUT2D eigenvalue weighted by atomic mass is 10.0. The Labute approximate surface area is 158 Å². The highest BCUT2D eigenvalue weighted by Gasteiger charge is 2.15. The summed E-state index contributed by atoms with van der Waals surface area (Å²) in [5.41, 5.74) is 3.96. The molecule has 5 heteroatoms. The van der Waals surface area contributed by atoms with Crippen molar-refractivity contribution in [3.05, 3.63) is 64.7 Å². The molecule has 0 unspecified atom stereocenters. The van der Waals surface area contributed by atoms with Gasteiger partial charge in [-0.05, 0) is 37.6 Å². The third kappa shape index (κ3) is 4.03. The summed E-state index contributed by atoms with van der Waals surface area (Å²) in [6, 6.07) is 15.2. The van der Waals surface area contributed by atoms with Gasteiger partial charge in [-0.3, -0.25) is 4.79 Å². The van der Waals surface area contributed by atoms with Gasteiger partial charge in [0, 0.05) is 36.2 Å². The number of ether oxygens (including phenoxy) is 1. The highest BCUT2D eigenvalue weighted by Crippen LogP contribution is 2.30. The molecule has 3 rings (SSSR count). The first-order chi connectivity index (χ1) is 12.6. The molecular formula is C21H21ClN2O2. The number of hydrogen-bond donors (Lipinski definition) is 1. The number of aromatic nitrogens is 1. The van der Waals surface area contributed by atoms with Crippen molar-refractivity contribution < 1.29 is 9.53 Å². The summed E-state index contributed by atoms with van der Waals surface area (Å²) in [6.45, 7) is 3.17. The molecule has 0 bridgehead atoms. The minimum absolute atomic E-state index is 0.118. The predicted molar refractivity (Wildman–Crippen MR) is 106 cm³/mol. The number of hydrogen-bond acceptors (Lipinski definition) is 3. The Morgan fingerprint density at radius 3 is 2.77 bits per heavy atom. The first-order valence-corrected chi connectivity index (χ1v) is 8.91. The maximum absolute atomic E-state index is 12.8. The molecular weight excluding hydrogens is 348 g/mol. The van der Waals surface area contributed by atoms with Crippen LogP contribution in [0.1, 0.15) is 22.3 Å². The summed E-state index contributed by atoms with van der Waals surface area (Å²) in [4.78, 5) is 17.5. The second-order valence-corrected chi connectivity index (χ2v) is 6.56. The second-order valence-electron chi connectivity index (χ2n) is 6.16. The number of aryl methyl sites for hydroxylation is 1. The molecule has 0 aliphatic carbocycles. The Kier molecular flexibility index (Phi) is 5.86. The number of carbonyl (C=O) groups excluding carboxylic acids is 1. The van der Waals surface area contributed by atoms with Crippen molar-refractivity contribution in [3.8, 4) is 11.3 Å². The number of nitrogens with one attached hydrogen (secondary N) is 1. The Bertz CT molecular complexity index is 940. The van der Waals surface area contributed by atoms with Crippen LogP contribution in [0.2, 0.25) is 5.02 Å². The fourth-order valence-corrected chi connectivity index (χ4v) is 3.08. The van der Waals surface area contributed by atoms with Crippen molar-refractivity contribution in [2.45, 2.75) is 13.3 Å². The maximum atomic E-state index is 12.8. The van der Waals surface area contributed by atoms with Crippen LogP contribution in [0.5, 0.6) is 0 Å². The van der Waals surface area contributed by atoms with Crippen molar-refractivity contribution in [1.29, 1.82) is 0 Å². The van der Waals surface area contributed by atoms with E-state index in [0.29, 0.717) is 29.4 Å². The summed E-state index contributed by atoms with van der Waals surface area (Å²) in [5, 5.41) is 4.41. The summed E-state index contributed by atoms with van der Waals surface area (Å²) in [5.74, 6) is -0.118. The number of halogens is 1. The van der Waals surface area contributed by atoms with E-state index in [-0.39, 0.29) is 5.91 Å².